The van der Waals surface area contributed by atoms with Crippen molar-refractivity contribution >= 4 is 12.1 Å². The summed E-state index contributed by atoms with van der Waals surface area (Å²) in [6, 6.07) is 15.3. The maximum Gasteiger partial charge on any atom is 0.410 e. The first-order valence-corrected chi connectivity index (χ1v) is 9.38. The zero-order valence-corrected chi connectivity index (χ0v) is 15.4. The number of carbonyl (C=O) groups excluding carboxylic acids is 1. The number of carboxylic acids is 1. The van der Waals surface area contributed by atoms with E-state index < -0.39 is 18.1 Å². The molecule has 1 amide bonds. The van der Waals surface area contributed by atoms with Gasteiger partial charge in [0.1, 0.15) is 12.6 Å². The SMILES string of the molecule is C#CC[C@@H]1C[C@@H](C(=O)O)N(C(=O)OCC2c3ccccc3-c3ccccc32)C1. The van der Waals surface area contributed by atoms with Crippen LogP contribution in [0.4, 0.5) is 4.79 Å². The van der Waals surface area contributed by atoms with E-state index in [1.165, 1.54) is 4.90 Å². The minimum atomic E-state index is -1.02. The van der Waals surface area contributed by atoms with Gasteiger partial charge < -0.3 is 9.84 Å². The van der Waals surface area contributed by atoms with E-state index in [0.29, 0.717) is 19.4 Å². The molecule has 1 fully saturated rings. The number of nitrogens with zero attached hydrogens (tertiary/aromatic N) is 1. The molecular formula is C23H21NO4. The number of benzene rings is 2. The van der Waals surface area contributed by atoms with Crippen molar-refractivity contribution < 1.29 is 19.4 Å². The molecule has 142 valence electrons. The molecule has 28 heavy (non-hydrogen) atoms. The zero-order valence-electron chi connectivity index (χ0n) is 15.4. The summed E-state index contributed by atoms with van der Waals surface area (Å²) in [6.45, 7) is 0.493. The van der Waals surface area contributed by atoms with Gasteiger partial charge in [-0.05, 0) is 34.6 Å². The second kappa shape index (κ2) is 7.40. The number of ether oxygens (including phenoxy) is 1. The van der Waals surface area contributed by atoms with Gasteiger partial charge in [-0.2, -0.15) is 0 Å². The minimum absolute atomic E-state index is 0.00779. The molecule has 0 unspecified atom stereocenters. The first-order valence-electron chi connectivity index (χ1n) is 9.38. The number of likely N-dealkylation sites (tertiary alicyclic amines) is 1. The monoisotopic (exact) mass is 375 g/mol. The molecule has 2 atom stereocenters. The van der Waals surface area contributed by atoms with Crippen molar-refractivity contribution in [3.05, 3.63) is 59.7 Å². The Morgan fingerprint density at radius 2 is 1.71 bits per heavy atom. The van der Waals surface area contributed by atoms with Gasteiger partial charge in [0.2, 0.25) is 0 Å². The summed E-state index contributed by atoms with van der Waals surface area (Å²) in [6.07, 6.45) is 5.58. The fourth-order valence-electron chi connectivity index (χ4n) is 4.35. The van der Waals surface area contributed by atoms with Crippen molar-refractivity contribution in [2.75, 3.05) is 13.2 Å². The third kappa shape index (κ3) is 3.11. The van der Waals surface area contributed by atoms with Gasteiger partial charge in [-0.15, -0.1) is 12.3 Å². The number of fused-ring (bicyclic) bond motifs is 3. The number of carboxylic acid groups (broad SMARTS) is 1. The van der Waals surface area contributed by atoms with E-state index in [1.807, 2.05) is 36.4 Å². The first-order chi connectivity index (χ1) is 13.6. The first kappa shape index (κ1) is 18.1. The van der Waals surface area contributed by atoms with Crippen LogP contribution in [-0.2, 0) is 9.53 Å². The van der Waals surface area contributed by atoms with Gasteiger partial charge in [0.15, 0.2) is 0 Å². The third-order valence-corrected chi connectivity index (χ3v) is 5.65. The lowest BCUT2D eigenvalue weighted by Crippen LogP contribution is -2.41. The molecule has 0 radical (unpaired) electrons. The highest BCUT2D eigenvalue weighted by atomic mass is 16.6. The summed E-state index contributed by atoms with van der Waals surface area (Å²) in [5.74, 6) is 1.48. The number of amides is 1. The Hall–Kier alpha value is -3.26. The highest BCUT2D eigenvalue weighted by molar-refractivity contribution is 5.81. The maximum atomic E-state index is 12.7. The molecule has 2 aliphatic rings. The van der Waals surface area contributed by atoms with Gasteiger partial charge in [-0.1, -0.05) is 48.5 Å². The van der Waals surface area contributed by atoms with Crippen molar-refractivity contribution in [3.8, 4) is 23.5 Å². The van der Waals surface area contributed by atoms with E-state index in [9.17, 15) is 14.7 Å². The molecule has 2 aromatic rings. The number of hydrogen-bond acceptors (Lipinski definition) is 3. The molecule has 5 nitrogen and oxygen atoms in total. The molecule has 0 spiro atoms. The van der Waals surface area contributed by atoms with Crippen LogP contribution in [0, 0.1) is 18.3 Å². The van der Waals surface area contributed by atoms with E-state index in [2.05, 4.69) is 18.1 Å². The van der Waals surface area contributed by atoms with Crippen molar-refractivity contribution in [1.29, 1.82) is 0 Å². The molecule has 2 aromatic carbocycles. The van der Waals surface area contributed by atoms with Crippen LogP contribution in [0.2, 0.25) is 0 Å². The standard InChI is InChI=1S/C23H21NO4/c1-2-7-15-12-21(22(25)26)24(13-15)23(27)28-14-20-18-10-5-3-8-16(18)17-9-4-6-11-19(17)20/h1,3-6,8-11,15,20-21H,7,12-14H2,(H,25,26)/t15-,21+/m1/s1. The van der Waals surface area contributed by atoms with Crippen LogP contribution in [0.3, 0.4) is 0 Å². The Bertz CT molecular complexity index is 916. The average molecular weight is 375 g/mol. The second-order valence-electron chi connectivity index (χ2n) is 7.32. The molecular weight excluding hydrogens is 354 g/mol. The molecule has 1 N–H and O–H groups in total. The average Bonchev–Trinajstić information content (AvgIpc) is 3.26. The van der Waals surface area contributed by atoms with Crippen LogP contribution < -0.4 is 0 Å². The van der Waals surface area contributed by atoms with Gasteiger partial charge in [0, 0.05) is 18.9 Å². The largest absolute Gasteiger partial charge is 0.480 e. The van der Waals surface area contributed by atoms with E-state index >= 15 is 0 Å². The number of hydrogen-bond donors (Lipinski definition) is 1. The molecule has 0 bridgehead atoms. The highest BCUT2D eigenvalue weighted by Crippen LogP contribution is 2.44. The lowest BCUT2D eigenvalue weighted by Gasteiger charge is -2.22. The van der Waals surface area contributed by atoms with E-state index in [1.54, 1.807) is 0 Å². The third-order valence-electron chi connectivity index (χ3n) is 5.65. The van der Waals surface area contributed by atoms with E-state index in [0.717, 1.165) is 22.3 Å². The van der Waals surface area contributed by atoms with E-state index in [4.69, 9.17) is 11.2 Å². The summed E-state index contributed by atoms with van der Waals surface area (Å²) in [5, 5.41) is 9.46. The Kier molecular flexibility index (Phi) is 4.79. The topological polar surface area (TPSA) is 66.8 Å². The summed E-state index contributed by atoms with van der Waals surface area (Å²) in [7, 11) is 0. The Morgan fingerprint density at radius 1 is 1.11 bits per heavy atom. The fraction of sp³-hybridized carbons (Fsp3) is 0.304. The zero-order chi connectivity index (χ0) is 19.7. The lowest BCUT2D eigenvalue weighted by atomic mass is 9.98. The molecule has 1 saturated heterocycles. The number of rotatable bonds is 4. The van der Waals surface area contributed by atoms with Crippen LogP contribution in [0.15, 0.2) is 48.5 Å². The van der Waals surface area contributed by atoms with Crippen LogP contribution in [0.1, 0.15) is 29.9 Å². The van der Waals surface area contributed by atoms with Gasteiger partial charge in [-0.25, -0.2) is 9.59 Å². The van der Waals surface area contributed by atoms with Crippen LogP contribution in [0.5, 0.6) is 0 Å². The van der Waals surface area contributed by atoms with E-state index in [-0.39, 0.29) is 18.4 Å². The quantitative estimate of drug-likeness (QED) is 0.827. The van der Waals surface area contributed by atoms with Crippen molar-refractivity contribution in [1.82, 2.24) is 4.90 Å². The van der Waals surface area contributed by atoms with Crippen molar-refractivity contribution in [2.45, 2.75) is 24.8 Å². The number of aliphatic carboxylic acids is 1. The lowest BCUT2D eigenvalue weighted by molar-refractivity contribution is -0.141. The van der Waals surface area contributed by atoms with Crippen LogP contribution >= 0.6 is 0 Å². The van der Waals surface area contributed by atoms with Crippen LogP contribution in [-0.4, -0.2) is 41.3 Å². The molecule has 4 rings (SSSR count). The molecule has 0 aromatic heterocycles. The molecule has 1 aliphatic carbocycles. The highest BCUT2D eigenvalue weighted by Gasteiger charge is 2.40. The Labute approximate surface area is 163 Å². The van der Waals surface area contributed by atoms with Gasteiger partial charge >= 0.3 is 12.1 Å². The summed E-state index contributed by atoms with van der Waals surface area (Å²) < 4.78 is 5.60. The normalized spacial score (nSPS) is 20.3. The van der Waals surface area contributed by atoms with Gasteiger partial charge in [-0.3, -0.25) is 4.90 Å². The Morgan fingerprint density at radius 3 is 2.29 bits per heavy atom. The number of carbonyl (C=O) groups is 2. The molecule has 1 heterocycles. The summed E-state index contributed by atoms with van der Waals surface area (Å²) >= 11 is 0. The minimum Gasteiger partial charge on any atom is -0.480 e. The maximum absolute atomic E-state index is 12.7. The Balaban J connectivity index is 1.51. The van der Waals surface area contributed by atoms with Gasteiger partial charge in [0.05, 0.1) is 0 Å². The smallest absolute Gasteiger partial charge is 0.410 e. The molecule has 5 heteroatoms. The van der Waals surface area contributed by atoms with Crippen LogP contribution in [0.25, 0.3) is 11.1 Å². The molecule has 1 aliphatic heterocycles. The van der Waals surface area contributed by atoms with Gasteiger partial charge in [0.25, 0.3) is 0 Å². The second-order valence-corrected chi connectivity index (χ2v) is 7.32. The predicted molar refractivity (Wildman–Crippen MR) is 105 cm³/mol. The van der Waals surface area contributed by atoms with Crippen molar-refractivity contribution in [2.24, 2.45) is 5.92 Å². The van der Waals surface area contributed by atoms with Crippen molar-refractivity contribution in [3.63, 3.8) is 0 Å². The molecule has 0 saturated carbocycles. The predicted octanol–water partition coefficient (Wildman–Crippen LogP) is 3.73. The summed E-state index contributed by atoms with van der Waals surface area (Å²) in [4.78, 5) is 25.5. The summed E-state index contributed by atoms with van der Waals surface area (Å²) in [5.41, 5.74) is 4.55. The number of terminal acetylenes is 1. The fourth-order valence-corrected chi connectivity index (χ4v) is 4.35.